The van der Waals surface area contributed by atoms with Crippen LogP contribution in [0.4, 0.5) is 4.79 Å². The number of aromatic amines is 1. The number of H-pyrrole nitrogens is 1. The number of pyridine rings is 1. The van der Waals surface area contributed by atoms with E-state index in [2.05, 4.69) is 19.6 Å². The lowest BCUT2D eigenvalue weighted by Gasteiger charge is -2.30. The first kappa shape index (κ1) is 25.0. The van der Waals surface area contributed by atoms with Crippen LogP contribution in [0.15, 0.2) is 45.7 Å². The Morgan fingerprint density at radius 2 is 2.00 bits per heavy atom. The summed E-state index contributed by atoms with van der Waals surface area (Å²) in [6.07, 6.45) is -1.75. The van der Waals surface area contributed by atoms with E-state index in [-0.39, 0.29) is 24.9 Å². The number of nitrogens with one attached hydrogen (secondary N) is 1. The first-order valence-corrected chi connectivity index (χ1v) is 11.6. The summed E-state index contributed by atoms with van der Waals surface area (Å²) >= 11 is 12.4. The Balaban J connectivity index is 1.65. The van der Waals surface area contributed by atoms with Crippen LogP contribution in [0.2, 0.25) is 10.0 Å². The van der Waals surface area contributed by atoms with Gasteiger partial charge in [0.2, 0.25) is 11.7 Å². The van der Waals surface area contributed by atoms with Crippen molar-refractivity contribution in [3.05, 3.63) is 62.6 Å². The number of benzene rings is 1. The van der Waals surface area contributed by atoms with Gasteiger partial charge in [0.05, 0.1) is 23.2 Å². The Kier molecular flexibility index (Phi) is 7.34. The van der Waals surface area contributed by atoms with E-state index in [4.69, 9.17) is 37.4 Å². The lowest BCUT2D eigenvalue weighted by atomic mass is 10.0. The Hall–Kier alpha value is -3.08. The van der Waals surface area contributed by atoms with Gasteiger partial charge >= 0.3 is 11.8 Å². The first-order valence-electron chi connectivity index (χ1n) is 10.8. The number of amides is 1. The van der Waals surface area contributed by atoms with Crippen molar-refractivity contribution in [3.63, 3.8) is 0 Å². The average Bonchev–Trinajstić information content (AvgIpc) is 3.11. The molecule has 2 unspecified atom stereocenters. The van der Waals surface area contributed by atoms with Crippen LogP contribution in [-0.4, -0.2) is 57.5 Å². The molecule has 10 nitrogen and oxygen atoms in total. The van der Waals surface area contributed by atoms with Gasteiger partial charge in [-0.1, -0.05) is 40.5 Å². The number of rotatable bonds is 4. The fraction of sp³-hybridized carbons (Fsp3) is 0.391. The first-order chi connectivity index (χ1) is 16.6. The van der Waals surface area contributed by atoms with E-state index in [9.17, 15) is 9.59 Å². The van der Waals surface area contributed by atoms with Crippen molar-refractivity contribution in [1.29, 1.82) is 0 Å². The maximum atomic E-state index is 12.8. The highest BCUT2D eigenvalue weighted by Gasteiger charge is 2.35. The van der Waals surface area contributed by atoms with Crippen molar-refractivity contribution in [2.75, 3.05) is 19.7 Å². The number of carbonyl (C=O) groups is 1. The Morgan fingerprint density at radius 3 is 2.69 bits per heavy atom. The van der Waals surface area contributed by atoms with Gasteiger partial charge in [0.25, 0.3) is 0 Å². The van der Waals surface area contributed by atoms with Crippen molar-refractivity contribution in [2.24, 2.45) is 0 Å². The molecule has 1 aliphatic heterocycles. The minimum atomic E-state index is -0.696. The molecule has 35 heavy (non-hydrogen) atoms. The van der Waals surface area contributed by atoms with Gasteiger partial charge in [0, 0.05) is 12.6 Å². The molecule has 2 aromatic heterocycles. The Bertz CT molecular complexity index is 1260. The van der Waals surface area contributed by atoms with Gasteiger partial charge in [0.1, 0.15) is 23.5 Å². The average molecular weight is 523 g/mol. The van der Waals surface area contributed by atoms with Crippen LogP contribution in [0, 0.1) is 0 Å². The second-order valence-electron chi connectivity index (χ2n) is 8.85. The maximum absolute atomic E-state index is 12.8. The van der Waals surface area contributed by atoms with Gasteiger partial charge in [-0.2, -0.15) is 0 Å². The highest BCUT2D eigenvalue weighted by Crippen LogP contribution is 2.32. The van der Waals surface area contributed by atoms with E-state index in [1.165, 1.54) is 4.90 Å². The van der Waals surface area contributed by atoms with Gasteiger partial charge in [-0.3, -0.25) is 9.51 Å². The molecule has 1 amide bonds. The predicted molar refractivity (Wildman–Crippen MR) is 128 cm³/mol. The largest absolute Gasteiger partial charge is 0.469 e. The van der Waals surface area contributed by atoms with Crippen molar-refractivity contribution in [3.8, 4) is 17.4 Å². The summed E-state index contributed by atoms with van der Waals surface area (Å²) in [5.74, 6) is -0.303. The van der Waals surface area contributed by atoms with Crippen LogP contribution in [0.3, 0.4) is 0 Å². The van der Waals surface area contributed by atoms with Gasteiger partial charge in [-0.05, 0) is 44.5 Å². The van der Waals surface area contributed by atoms with E-state index in [1.54, 1.807) is 57.2 Å². The highest BCUT2D eigenvalue weighted by atomic mass is 35.5. The summed E-state index contributed by atoms with van der Waals surface area (Å²) in [5, 5.41) is 4.44. The standard InChI is InChI=1S/C23H24Cl2N4O6/c1-23(2,3)34-22(31)29-9-10-32-19(13-7-8-14(24)15(25)11-13)17(12-29)33-18-6-4-5-16(26-18)20-27-21(30)35-28-20/h4-8,11,17,19H,9-10,12H2,1-3H3,(H,27,28,30). The summed E-state index contributed by atoms with van der Waals surface area (Å²) in [4.78, 5) is 32.6. The minimum Gasteiger partial charge on any atom is -0.469 e. The quantitative estimate of drug-likeness (QED) is 0.532. The van der Waals surface area contributed by atoms with E-state index < -0.39 is 29.7 Å². The zero-order valence-corrected chi connectivity index (χ0v) is 20.8. The fourth-order valence-corrected chi connectivity index (χ4v) is 3.81. The number of hydrogen-bond donors (Lipinski definition) is 1. The van der Waals surface area contributed by atoms with Crippen LogP contribution in [0.5, 0.6) is 5.88 Å². The number of halogens is 2. The smallest absolute Gasteiger partial charge is 0.439 e. The molecule has 0 saturated carbocycles. The highest BCUT2D eigenvalue weighted by molar-refractivity contribution is 6.42. The molecule has 2 atom stereocenters. The Morgan fingerprint density at radius 1 is 1.20 bits per heavy atom. The van der Waals surface area contributed by atoms with E-state index >= 15 is 0 Å². The number of carbonyl (C=O) groups excluding carboxylic acids is 1. The number of hydrogen-bond acceptors (Lipinski definition) is 8. The van der Waals surface area contributed by atoms with Crippen LogP contribution in [-0.2, 0) is 9.47 Å². The molecule has 1 aromatic carbocycles. The third kappa shape index (κ3) is 6.33. The number of ether oxygens (including phenoxy) is 3. The molecule has 186 valence electrons. The van der Waals surface area contributed by atoms with Crippen LogP contribution in [0.25, 0.3) is 11.5 Å². The molecule has 0 radical (unpaired) electrons. The second kappa shape index (κ2) is 10.3. The molecule has 3 aromatic rings. The summed E-state index contributed by atoms with van der Waals surface area (Å²) in [6.45, 7) is 6.12. The Labute approximate surface area is 211 Å². The van der Waals surface area contributed by atoms with Gasteiger partial charge in [0.15, 0.2) is 0 Å². The third-order valence-corrected chi connectivity index (χ3v) is 5.74. The summed E-state index contributed by atoms with van der Waals surface area (Å²) in [7, 11) is 0. The van der Waals surface area contributed by atoms with Crippen molar-refractivity contribution in [2.45, 2.75) is 38.6 Å². The predicted octanol–water partition coefficient (Wildman–Crippen LogP) is 4.49. The summed E-state index contributed by atoms with van der Waals surface area (Å²) in [6, 6.07) is 10.2. The molecule has 1 fully saturated rings. The van der Waals surface area contributed by atoms with Gasteiger partial charge in [-0.25, -0.2) is 14.6 Å². The molecule has 1 aliphatic rings. The topological polar surface area (TPSA) is 120 Å². The lowest BCUT2D eigenvalue weighted by molar-refractivity contribution is -0.0120. The van der Waals surface area contributed by atoms with E-state index in [1.807, 2.05) is 0 Å². The van der Waals surface area contributed by atoms with Crippen LogP contribution < -0.4 is 10.5 Å². The van der Waals surface area contributed by atoms with E-state index in [0.29, 0.717) is 22.3 Å². The van der Waals surface area contributed by atoms with Gasteiger partial charge < -0.3 is 19.1 Å². The number of aromatic nitrogens is 3. The second-order valence-corrected chi connectivity index (χ2v) is 9.67. The van der Waals surface area contributed by atoms with E-state index in [0.717, 1.165) is 5.56 Å². The minimum absolute atomic E-state index is 0.159. The van der Waals surface area contributed by atoms with Crippen molar-refractivity contribution < 1.29 is 23.5 Å². The molecule has 1 saturated heterocycles. The SMILES string of the molecule is CC(C)(C)OC(=O)N1CCOC(c2ccc(Cl)c(Cl)c2)C(Oc2cccc(-c3noc(=O)[nH]3)n2)C1. The fourth-order valence-electron chi connectivity index (χ4n) is 3.50. The maximum Gasteiger partial charge on any atom is 0.439 e. The van der Waals surface area contributed by atoms with Gasteiger partial charge in [-0.15, -0.1) is 0 Å². The molecule has 1 N–H and O–H groups in total. The third-order valence-electron chi connectivity index (χ3n) is 5.00. The molecule has 0 aliphatic carbocycles. The van der Waals surface area contributed by atoms with Crippen LogP contribution in [0.1, 0.15) is 32.4 Å². The molecule has 0 spiro atoms. The summed E-state index contributed by atoms with van der Waals surface area (Å²) < 4.78 is 22.5. The molecule has 3 heterocycles. The number of nitrogens with zero attached hydrogens (tertiary/aromatic N) is 3. The molecule has 4 rings (SSSR count). The zero-order chi connectivity index (χ0) is 25.2. The molecule has 0 bridgehead atoms. The van der Waals surface area contributed by atoms with Crippen molar-refractivity contribution in [1.82, 2.24) is 20.0 Å². The normalized spacial score (nSPS) is 18.7. The monoisotopic (exact) mass is 522 g/mol. The molecule has 12 heteroatoms. The molecular weight excluding hydrogens is 499 g/mol. The van der Waals surface area contributed by atoms with Crippen LogP contribution >= 0.6 is 23.2 Å². The summed E-state index contributed by atoms with van der Waals surface area (Å²) in [5.41, 5.74) is 0.416. The van der Waals surface area contributed by atoms with Crippen molar-refractivity contribution >= 4 is 29.3 Å². The zero-order valence-electron chi connectivity index (χ0n) is 19.3. The lowest BCUT2D eigenvalue weighted by Crippen LogP contribution is -2.43. The molecular formula is C23H24Cl2N4O6.